The smallest absolute Gasteiger partial charge is 0.257 e. The van der Waals surface area contributed by atoms with Gasteiger partial charge in [0.15, 0.2) is 0 Å². The number of hydrogen-bond donors (Lipinski definition) is 0. The van der Waals surface area contributed by atoms with Crippen LogP contribution in [0.1, 0.15) is 51.1 Å². The third-order valence-electron chi connectivity index (χ3n) is 4.92. The number of amides is 1. The van der Waals surface area contributed by atoms with E-state index >= 15 is 0 Å². The quantitative estimate of drug-likeness (QED) is 0.564. The van der Waals surface area contributed by atoms with E-state index < -0.39 is 0 Å². The van der Waals surface area contributed by atoms with Crippen molar-refractivity contribution in [1.29, 1.82) is 0 Å². The second-order valence-electron chi connectivity index (χ2n) is 6.62. The van der Waals surface area contributed by atoms with E-state index in [1.807, 2.05) is 30.9 Å². The Morgan fingerprint density at radius 2 is 2.26 bits per heavy atom. The fourth-order valence-electron chi connectivity index (χ4n) is 3.46. The van der Waals surface area contributed by atoms with E-state index in [1.165, 1.54) is 4.88 Å². The molecular weight excluding hydrogens is 378 g/mol. The van der Waals surface area contributed by atoms with Crippen LogP contribution in [0.3, 0.4) is 0 Å². The predicted octanol–water partition coefficient (Wildman–Crippen LogP) is 5.02. The van der Waals surface area contributed by atoms with Crippen molar-refractivity contribution in [3.8, 4) is 0 Å². The molecule has 1 aliphatic rings. The van der Waals surface area contributed by atoms with Gasteiger partial charge in [-0.2, -0.15) is 0 Å². The maximum absolute atomic E-state index is 13.3. The lowest BCUT2D eigenvalue weighted by Crippen LogP contribution is -2.30. The van der Waals surface area contributed by atoms with Gasteiger partial charge in [0, 0.05) is 28.9 Å². The van der Waals surface area contributed by atoms with Gasteiger partial charge in [0.05, 0.1) is 17.3 Å². The van der Waals surface area contributed by atoms with Gasteiger partial charge < -0.3 is 9.42 Å². The first-order chi connectivity index (χ1) is 13.1. The van der Waals surface area contributed by atoms with E-state index in [4.69, 9.17) is 4.52 Å². The molecule has 0 spiro atoms. The molecule has 1 atom stereocenters. The van der Waals surface area contributed by atoms with Crippen LogP contribution in [0.2, 0.25) is 0 Å². The zero-order valence-electron chi connectivity index (χ0n) is 15.3. The molecule has 3 aromatic heterocycles. The molecule has 0 unspecified atom stereocenters. The van der Waals surface area contributed by atoms with Crippen molar-refractivity contribution in [3.63, 3.8) is 0 Å². The van der Waals surface area contributed by atoms with Gasteiger partial charge in [-0.1, -0.05) is 11.2 Å². The summed E-state index contributed by atoms with van der Waals surface area (Å²) in [4.78, 5) is 21.1. The van der Waals surface area contributed by atoms with Crippen LogP contribution in [0.25, 0.3) is 0 Å². The monoisotopic (exact) mass is 399 g/mol. The van der Waals surface area contributed by atoms with Crippen LogP contribution in [-0.4, -0.2) is 27.5 Å². The van der Waals surface area contributed by atoms with E-state index in [0.717, 1.165) is 41.4 Å². The van der Waals surface area contributed by atoms with Crippen molar-refractivity contribution in [1.82, 2.24) is 15.0 Å². The minimum atomic E-state index is 0.0697. The maximum Gasteiger partial charge on any atom is 0.257 e. The van der Waals surface area contributed by atoms with Gasteiger partial charge in [-0.05, 0) is 50.3 Å². The second-order valence-corrected chi connectivity index (χ2v) is 8.56. The second kappa shape index (κ2) is 7.86. The Bertz CT molecular complexity index is 917. The molecule has 1 saturated heterocycles. The largest absolute Gasteiger partial charge is 0.361 e. The number of thioether (sulfide) groups is 1. The molecule has 5 nitrogen and oxygen atoms in total. The van der Waals surface area contributed by atoms with Gasteiger partial charge in [0.2, 0.25) is 0 Å². The molecule has 0 saturated carbocycles. The summed E-state index contributed by atoms with van der Waals surface area (Å²) in [6.07, 6.45) is 3.80. The van der Waals surface area contributed by atoms with Gasteiger partial charge in [-0.25, -0.2) is 4.98 Å². The molecule has 1 aliphatic heterocycles. The van der Waals surface area contributed by atoms with Crippen molar-refractivity contribution in [2.24, 2.45) is 0 Å². The highest BCUT2D eigenvalue weighted by Gasteiger charge is 2.32. The normalized spacial score (nSPS) is 16.8. The first-order valence-electron chi connectivity index (χ1n) is 8.99. The Kier molecular flexibility index (Phi) is 5.31. The summed E-state index contributed by atoms with van der Waals surface area (Å²) in [6, 6.07) is 8.07. The topological polar surface area (TPSA) is 59.2 Å². The molecule has 4 rings (SSSR count). The molecule has 1 fully saturated rings. The Morgan fingerprint density at radius 1 is 1.37 bits per heavy atom. The molecule has 1 amide bonds. The number of rotatable bonds is 5. The number of nitrogens with zero attached hydrogens (tertiary/aromatic N) is 3. The number of thiophene rings is 1. The number of likely N-dealkylation sites (tertiary alicyclic amines) is 1. The minimum Gasteiger partial charge on any atom is -0.361 e. The van der Waals surface area contributed by atoms with E-state index in [2.05, 4.69) is 27.7 Å². The number of carbonyl (C=O) groups excluding carboxylic acids is 1. The molecule has 0 bridgehead atoms. The third-order valence-corrected chi connectivity index (χ3v) is 6.93. The van der Waals surface area contributed by atoms with Crippen LogP contribution < -0.4 is 0 Å². The van der Waals surface area contributed by atoms with Crippen LogP contribution in [0, 0.1) is 13.8 Å². The summed E-state index contributed by atoms with van der Waals surface area (Å²) in [5.74, 6) is 1.58. The van der Waals surface area contributed by atoms with Gasteiger partial charge >= 0.3 is 0 Å². The molecule has 0 aliphatic carbocycles. The summed E-state index contributed by atoms with van der Waals surface area (Å²) in [6.45, 7) is 4.65. The van der Waals surface area contributed by atoms with Gasteiger partial charge in [0.25, 0.3) is 5.91 Å². The Balaban J connectivity index is 1.56. The Hall–Kier alpha value is -2.12. The summed E-state index contributed by atoms with van der Waals surface area (Å²) in [5, 5.41) is 6.84. The van der Waals surface area contributed by atoms with E-state index in [9.17, 15) is 4.79 Å². The van der Waals surface area contributed by atoms with E-state index in [-0.39, 0.29) is 11.9 Å². The minimum absolute atomic E-state index is 0.0697. The number of aryl methyl sites for hydroxylation is 2. The molecule has 0 radical (unpaired) electrons. The van der Waals surface area contributed by atoms with Crippen molar-refractivity contribution in [2.45, 2.75) is 43.5 Å². The summed E-state index contributed by atoms with van der Waals surface area (Å²) in [7, 11) is 0. The molecule has 7 heteroatoms. The number of pyridine rings is 1. The summed E-state index contributed by atoms with van der Waals surface area (Å²) >= 11 is 3.28. The van der Waals surface area contributed by atoms with Gasteiger partial charge in [-0.15, -0.1) is 23.1 Å². The molecule has 27 heavy (non-hydrogen) atoms. The first kappa shape index (κ1) is 18.3. The fraction of sp³-hybridized carbons (Fsp3) is 0.350. The summed E-state index contributed by atoms with van der Waals surface area (Å²) in [5.41, 5.74) is 2.64. The Morgan fingerprint density at radius 3 is 3.00 bits per heavy atom. The number of carbonyl (C=O) groups is 1. The van der Waals surface area contributed by atoms with Crippen molar-refractivity contribution < 1.29 is 9.32 Å². The average Bonchev–Trinajstić information content (AvgIpc) is 3.42. The van der Waals surface area contributed by atoms with Crippen molar-refractivity contribution in [3.05, 3.63) is 63.3 Å². The average molecular weight is 400 g/mol. The predicted molar refractivity (Wildman–Crippen MR) is 107 cm³/mol. The molecular formula is C20H21N3O2S2. The highest BCUT2D eigenvalue weighted by Crippen LogP contribution is 2.36. The van der Waals surface area contributed by atoms with Crippen molar-refractivity contribution in [2.75, 3.05) is 6.54 Å². The molecule has 140 valence electrons. The lowest BCUT2D eigenvalue weighted by atomic mass is 10.1. The fourth-order valence-corrected chi connectivity index (χ4v) is 5.47. The van der Waals surface area contributed by atoms with Crippen molar-refractivity contribution >= 4 is 29.0 Å². The number of aromatic nitrogens is 2. The molecule has 0 aromatic carbocycles. The SMILES string of the molecule is Cc1noc(C)c1CSc1ncccc1C(=O)N1CCC[C@@H]1c1cccs1. The van der Waals surface area contributed by atoms with Gasteiger partial charge in [-0.3, -0.25) is 4.79 Å². The zero-order chi connectivity index (χ0) is 18.8. The first-order valence-corrected chi connectivity index (χ1v) is 10.9. The molecule has 0 N–H and O–H groups in total. The number of hydrogen-bond acceptors (Lipinski definition) is 6. The van der Waals surface area contributed by atoms with Crippen LogP contribution in [0.5, 0.6) is 0 Å². The lowest BCUT2D eigenvalue weighted by molar-refractivity contribution is 0.0733. The van der Waals surface area contributed by atoms with Crippen LogP contribution >= 0.6 is 23.1 Å². The van der Waals surface area contributed by atoms with E-state index in [1.54, 1.807) is 29.3 Å². The highest BCUT2D eigenvalue weighted by molar-refractivity contribution is 7.98. The zero-order valence-corrected chi connectivity index (χ0v) is 17.0. The third kappa shape index (κ3) is 3.66. The van der Waals surface area contributed by atoms with Crippen LogP contribution in [0.4, 0.5) is 0 Å². The standard InChI is InChI=1S/C20H21N3O2S2/c1-13-16(14(2)25-22-13)12-27-19-15(6-3-9-21-19)20(24)23-10-4-7-17(23)18-8-5-11-26-18/h3,5-6,8-9,11,17H,4,7,10,12H2,1-2H3/t17-/m1/s1. The lowest BCUT2D eigenvalue weighted by Gasteiger charge is -2.24. The Labute approximate surface area is 166 Å². The van der Waals surface area contributed by atoms with Gasteiger partial charge in [0.1, 0.15) is 10.8 Å². The maximum atomic E-state index is 13.3. The molecule has 3 aromatic rings. The summed E-state index contributed by atoms with van der Waals surface area (Å²) < 4.78 is 5.24. The highest BCUT2D eigenvalue weighted by atomic mass is 32.2. The van der Waals surface area contributed by atoms with E-state index in [0.29, 0.717) is 11.3 Å². The van der Waals surface area contributed by atoms with Crippen LogP contribution in [0.15, 0.2) is 45.4 Å². The van der Waals surface area contributed by atoms with Crippen LogP contribution in [-0.2, 0) is 5.75 Å². The molecule has 4 heterocycles.